The topological polar surface area (TPSA) is 63.1 Å². The largest absolute Gasteiger partial charge is 0.481 e. The van der Waals surface area contributed by atoms with Gasteiger partial charge in [0.2, 0.25) is 0 Å². The van der Waals surface area contributed by atoms with Crippen LogP contribution < -0.4 is 0 Å². The molecule has 2 aromatic heterocycles. The van der Waals surface area contributed by atoms with Crippen LogP contribution in [0.2, 0.25) is 0 Å². The molecule has 0 saturated heterocycles. The number of nitrogens with zero attached hydrogens (tertiary/aromatic N) is 2. The van der Waals surface area contributed by atoms with Crippen LogP contribution in [-0.2, 0) is 10.2 Å². The van der Waals surface area contributed by atoms with E-state index in [0.717, 1.165) is 21.6 Å². The second-order valence-corrected chi connectivity index (χ2v) is 6.22. The van der Waals surface area contributed by atoms with Gasteiger partial charge in [0.05, 0.1) is 16.9 Å². The molecule has 1 N–H and O–H groups in total. The van der Waals surface area contributed by atoms with Crippen LogP contribution in [0.25, 0.3) is 21.6 Å². The Morgan fingerprint density at radius 2 is 1.90 bits per heavy atom. The zero-order valence-electron chi connectivity index (χ0n) is 11.7. The van der Waals surface area contributed by atoms with Crippen molar-refractivity contribution >= 4 is 28.2 Å². The van der Waals surface area contributed by atoms with Crippen LogP contribution in [0.15, 0.2) is 41.8 Å². The average Bonchev–Trinajstić information content (AvgIpc) is 2.97. The number of aliphatic carboxylic acids is 1. The normalized spacial score (nSPS) is 11.7. The van der Waals surface area contributed by atoms with E-state index in [1.54, 1.807) is 19.2 Å². The SMILES string of the molecule is CC(C)(C(=O)O)c1csc(-c2ccc3ccccc3n2)n1. The number of carbonyl (C=O) groups is 1. The van der Waals surface area contributed by atoms with Gasteiger partial charge in [-0.3, -0.25) is 4.79 Å². The lowest BCUT2D eigenvalue weighted by Crippen LogP contribution is -2.28. The molecule has 0 unspecified atom stereocenters. The minimum Gasteiger partial charge on any atom is -0.481 e. The molecule has 21 heavy (non-hydrogen) atoms. The Balaban J connectivity index is 2.04. The fourth-order valence-corrected chi connectivity index (χ4v) is 2.93. The van der Waals surface area contributed by atoms with E-state index in [1.165, 1.54) is 11.3 Å². The predicted molar refractivity (Wildman–Crippen MR) is 83.5 cm³/mol. The van der Waals surface area contributed by atoms with Crippen molar-refractivity contribution in [2.24, 2.45) is 0 Å². The maximum atomic E-state index is 11.3. The van der Waals surface area contributed by atoms with Crippen molar-refractivity contribution < 1.29 is 9.90 Å². The van der Waals surface area contributed by atoms with Crippen molar-refractivity contribution in [3.8, 4) is 10.7 Å². The quantitative estimate of drug-likeness (QED) is 0.800. The second kappa shape index (κ2) is 4.93. The summed E-state index contributed by atoms with van der Waals surface area (Å²) >= 11 is 1.42. The molecule has 0 amide bonds. The molecule has 0 atom stereocenters. The number of fused-ring (bicyclic) bond motifs is 1. The standard InChI is InChI=1S/C16H14N2O2S/c1-16(2,15(19)20)13-9-21-14(18-13)12-8-7-10-5-3-4-6-11(10)17-12/h3-9H,1-2H3,(H,19,20). The van der Waals surface area contributed by atoms with Gasteiger partial charge in [-0.05, 0) is 26.0 Å². The van der Waals surface area contributed by atoms with Gasteiger partial charge < -0.3 is 5.11 Å². The molecular formula is C16H14N2O2S. The highest BCUT2D eigenvalue weighted by Crippen LogP contribution is 2.30. The highest BCUT2D eigenvalue weighted by Gasteiger charge is 2.32. The first-order valence-electron chi connectivity index (χ1n) is 6.54. The molecule has 0 spiro atoms. The molecule has 0 radical (unpaired) electrons. The molecule has 1 aromatic carbocycles. The summed E-state index contributed by atoms with van der Waals surface area (Å²) in [5, 5.41) is 12.9. The number of pyridine rings is 1. The molecule has 4 nitrogen and oxygen atoms in total. The summed E-state index contributed by atoms with van der Waals surface area (Å²) in [6.45, 7) is 3.31. The molecule has 106 valence electrons. The third-order valence-corrected chi connectivity index (χ3v) is 4.36. The lowest BCUT2D eigenvalue weighted by atomic mass is 9.90. The van der Waals surface area contributed by atoms with E-state index in [0.29, 0.717) is 5.69 Å². The van der Waals surface area contributed by atoms with Crippen LogP contribution in [0.5, 0.6) is 0 Å². The van der Waals surface area contributed by atoms with E-state index in [2.05, 4.69) is 9.97 Å². The number of rotatable bonds is 3. The Labute approximate surface area is 126 Å². The highest BCUT2D eigenvalue weighted by molar-refractivity contribution is 7.13. The van der Waals surface area contributed by atoms with Crippen molar-refractivity contribution in [3.63, 3.8) is 0 Å². The number of carboxylic acid groups (broad SMARTS) is 1. The molecular weight excluding hydrogens is 284 g/mol. The van der Waals surface area contributed by atoms with Crippen LogP contribution in [0, 0.1) is 0 Å². The average molecular weight is 298 g/mol. The summed E-state index contributed by atoms with van der Waals surface area (Å²) in [6.07, 6.45) is 0. The van der Waals surface area contributed by atoms with Crippen LogP contribution >= 0.6 is 11.3 Å². The van der Waals surface area contributed by atoms with Crippen LogP contribution in [0.3, 0.4) is 0 Å². The van der Waals surface area contributed by atoms with Crippen LogP contribution in [-0.4, -0.2) is 21.0 Å². The number of aromatic nitrogens is 2. The Morgan fingerprint density at radius 3 is 2.67 bits per heavy atom. The molecule has 3 rings (SSSR count). The zero-order valence-corrected chi connectivity index (χ0v) is 12.5. The molecule has 3 aromatic rings. The minimum absolute atomic E-state index is 0.560. The summed E-state index contributed by atoms with van der Waals surface area (Å²) in [5.74, 6) is -0.883. The van der Waals surface area contributed by atoms with Gasteiger partial charge in [0.1, 0.15) is 10.4 Å². The number of benzene rings is 1. The van der Waals surface area contributed by atoms with Gasteiger partial charge in [-0.15, -0.1) is 11.3 Å². The summed E-state index contributed by atoms with van der Waals surface area (Å²) in [5.41, 5.74) is 1.24. The smallest absolute Gasteiger partial charge is 0.315 e. The molecule has 0 aliphatic rings. The molecule has 0 fully saturated rings. The molecule has 0 bridgehead atoms. The van der Waals surface area contributed by atoms with E-state index in [1.807, 2.05) is 36.4 Å². The van der Waals surface area contributed by atoms with Crippen LogP contribution in [0.4, 0.5) is 0 Å². The lowest BCUT2D eigenvalue weighted by Gasteiger charge is -2.15. The number of hydrogen-bond donors (Lipinski definition) is 1. The lowest BCUT2D eigenvalue weighted by molar-refractivity contribution is -0.142. The van der Waals surface area contributed by atoms with Gasteiger partial charge in [0.15, 0.2) is 0 Å². The van der Waals surface area contributed by atoms with Gasteiger partial charge in [-0.25, -0.2) is 9.97 Å². The molecule has 2 heterocycles. The zero-order chi connectivity index (χ0) is 15.0. The highest BCUT2D eigenvalue weighted by atomic mass is 32.1. The fraction of sp³-hybridized carbons (Fsp3) is 0.188. The number of hydrogen-bond acceptors (Lipinski definition) is 4. The van der Waals surface area contributed by atoms with Crippen molar-refractivity contribution in [2.45, 2.75) is 19.3 Å². The first-order chi connectivity index (χ1) is 9.98. The summed E-state index contributed by atoms with van der Waals surface area (Å²) in [7, 11) is 0. The molecule has 0 saturated carbocycles. The monoisotopic (exact) mass is 298 g/mol. The molecule has 0 aliphatic carbocycles. The summed E-state index contributed by atoms with van der Waals surface area (Å²) in [6, 6.07) is 11.8. The maximum absolute atomic E-state index is 11.3. The second-order valence-electron chi connectivity index (χ2n) is 5.36. The molecule has 0 aliphatic heterocycles. The van der Waals surface area contributed by atoms with Gasteiger partial charge in [-0.2, -0.15) is 0 Å². The van der Waals surface area contributed by atoms with E-state index in [4.69, 9.17) is 0 Å². The maximum Gasteiger partial charge on any atom is 0.315 e. The van der Waals surface area contributed by atoms with Gasteiger partial charge in [0, 0.05) is 10.8 Å². The summed E-state index contributed by atoms with van der Waals surface area (Å²) in [4.78, 5) is 20.3. The Bertz CT molecular complexity index is 824. The van der Waals surface area contributed by atoms with Crippen molar-refractivity contribution in [1.82, 2.24) is 9.97 Å². The first kappa shape index (κ1) is 13.7. The summed E-state index contributed by atoms with van der Waals surface area (Å²) < 4.78 is 0. The number of para-hydroxylation sites is 1. The predicted octanol–water partition coefficient (Wildman–Crippen LogP) is 3.72. The van der Waals surface area contributed by atoms with E-state index < -0.39 is 11.4 Å². The fourth-order valence-electron chi connectivity index (χ4n) is 1.97. The van der Waals surface area contributed by atoms with Crippen molar-refractivity contribution in [3.05, 3.63) is 47.5 Å². The van der Waals surface area contributed by atoms with Crippen LogP contribution in [0.1, 0.15) is 19.5 Å². The minimum atomic E-state index is -0.994. The first-order valence-corrected chi connectivity index (χ1v) is 7.42. The van der Waals surface area contributed by atoms with E-state index in [9.17, 15) is 9.90 Å². The Hall–Kier alpha value is -2.27. The third-order valence-electron chi connectivity index (χ3n) is 3.50. The van der Waals surface area contributed by atoms with Gasteiger partial charge in [-0.1, -0.05) is 24.3 Å². The Morgan fingerprint density at radius 1 is 1.14 bits per heavy atom. The van der Waals surface area contributed by atoms with Gasteiger partial charge >= 0.3 is 5.97 Å². The van der Waals surface area contributed by atoms with Crippen molar-refractivity contribution in [2.75, 3.05) is 0 Å². The number of thiazole rings is 1. The third kappa shape index (κ3) is 2.40. The van der Waals surface area contributed by atoms with E-state index in [-0.39, 0.29) is 0 Å². The van der Waals surface area contributed by atoms with E-state index >= 15 is 0 Å². The number of carboxylic acids is 1. The molecule has 5 heteroatoms. The van der Waals surface area contributed by atoms with Gasteiger partial charge in [0.25, 0.3) is 0 Å². The van der Waals surface area contributed by atoms with Crippen molar-refractivity contribution in [1.29, 1.82) is 0 Å². The Kier molecular flexibility index (Phi) is 3.22.